The lowest BCUT2D eigenvalue weighted by molar-refractivity contribution is 0.252. The number of benzene rings is 1. The van der Waals surface area contributed by atoms with Crippen molar-refractivity contribution in [3.8, 4) is 0 Å². The van der Waals surface area contributed by atoms with Gasteiger partial charge in [0.2, 0.25) is 0 Å². The lowest BCUT2D eigenvalue weighted by atomic mass is 10.1. The minimum atomic E-state index is -0.374. The zero-order valence-electron chi connectivity index (χ0n) is 11.0. The summed E-state index contributed by atoms with van der Waals surface area (Å²) in [6.07, 6.45) is 3.61. The largest absolute Gasteiger partial charge is 0.295 e. The average Bonchev–Trinajstić information content (AvgIpc) is 2.43. The second kappa shape index (κ2) is 6.13. The van der Waals surface area contributed by atoms with Crippen LogP contribution >= 0.6 is 11.6 Å². The first-order valence-corrected chi connectivity index (χ1v) is 6.50. The Hall–Kier alpha value is -1.45. The van der Waals surface area contributed by atoms with Crippen LogP contribution in [0.15, 0.2) is 42.7 Å². The van der Waals surface area contributed by atoms with Gasteiger partial charge in [-0.25, -0.2) is 4.39 Å². The molecule has 2 aromatic rings. The van der Waals surface area contributed by atoms with Crippen molar-refractivity contribution in [2.24, 2.45) is 0 Å². The number of aromatic nitrogens is 1. The van der Waals surface area contributed by atoms with Gasteiger partial charge in [0.05, 0.1) is 5.02 Å². The molecule has 0 aliphatic carbocycles. The molecule has 0 bridgehead atoms. The highest BCUT2D eigenvalue weighted by molar-refractivity contribution is 6.30. The first-order chi connectivity index (χ1) is 9.08. The minimum absolute atomic E-state index is 0.159. The molecule has 1 aromatic heterocycles. The van der Waals surface area contributed by atoms with Crippen LogP contribution in [0, 0.1) is 5.82 Å². The van der Waals surface area contributed by atoms with E-state index in [0.29, 0.717) is 6.54 Å². The monoisotopic (exact) mass is 278 g/mol. The number of rotatable bonds is 4. The fourth-order valence-electron chi connectivity index (χ4n) is 1.94. The normalized spacial score (nSPS) is 12.7. The van der Waals surface area contributed by atoms with Crippen molar-refractivity contribution < 1.29 is 4.39 Å². The summed E-state index contributed by atoms with van der Waals surface area (Å²) in [5, 5.41) is 0.159. The van der Waals surface area contributed by atoms with E-state index in [2.05, 4.69) is 16.8 Å². The molecule has 1 unspecified atom stereocenters. The molecule has 0 amide bonds. The fourth-order valence-corrected chi connectivity index (χ4v) is 2.06. The van der Waals surface area contributed by atoms with E-state index in [9.17, 15) is 4.39 Å². The van der Waals surface area contributed by atoms with Crippen molar-refractivity contribution in [2.75, 3.05) is 7.05 Å². The first-order valence-electron chi connectivity index (χ1n) is 6.12. The van der Waals surface area contributed by atoms with Gasteiger partial charge in [-0.2, -0.15) is 0 Å². The topological polar surface area (TPSA) is 16.1 Å². The van der Waals surface area contributed by atoms with Crippen LogP contribution in [-0.4, -0.2) is 16.9 Å². The Bertz CT molecular complexity index is 545. The van der Waals surface area contributed by atoms with Gasteiger partial charge in [0, 0.05) is 25.0 Å². The number of nitrogens with zero attached hydrogens (tertiary/aromatic N) is 2. The molecule has 0 fully saturated rings. The van der Waals surface area contributed by atoms with Crippen LogP contribution < -0.4 is 0 Å². The number of hydrogen-bond acceptors (Lipinski definition) is 2. The van der Waals surface area contributed by atoms with Gasteiger partial charge in [-0.15, -0.1) is 0 Å². The lowest BCUT2D eigenvalue weighted by Gasteiger charge is -2.24. The van der Waals surface area contributed by atoms with Crippen molar-refractivity contribution >= 4 is 11.6 Å². The molecule has 1 heterocycles. The average molecular weight is 279 g/mol. The third kappa shape index (κ3) is 3.52. The molecule has 4 heteroatoms. The lowest BCUT2D eigenvalue weighted by Crippen LogP contribution is -2.22. The van der Waals surface area contributed by atoms with E-state index in [1.165, 1.54) is 6.07 Å². The van der Waals surface area contributed by atoms with E-state index >= 15 is 0 Å². The van der Waals surface area contributed by atoms with Gasteiger partial charge < -0.3 is 0 Å². The molecule has 2 rings (SSSR count). The van der Waals surface area contributed by atoms with Gasteiger partial charge in [0.25, 0.3) is 0 Å². The minimum Gasteiger partial charge on any atom is -0.295 e. The molecule has 0 N–H and O–H groups in total. The molecule has 0 spiro atoms. The highest BCUT2D eigenvalue weighted by atomic mass is 35.5. The second-order valence-corrected chi connectivity index (χ2v) is 5.03. The zero-order chi connectivity index (χ0) is 13.8. The molecule has 0 aliphatic rings. The molecule has 0 radical (unpaired) electrons. The van der Waals surface area contributed by atoms with E-state index in [4.69, 9.17) is 11.6 Å². The van der Waals surface area contributed by atoms with Crippen molar-refractivity contribution in [1.82, 2.24) is 9.88 Å². The van der Waals surface area contributed by atoms with Crippen LogP contribution in [0.1, 0.15) is 24.1 Å². The van der Waals surface area contributed by atoms with E-state index in [1.807, 2.05) is 31.4 Å². The molecule has 1 atom stereocenters. The summed E-state index contributed by atoms with van der Waals surface area (Å²) in [6.45, 7) is 2.76. The summed E-state index contributed by atoms with van der Waals surface area (Å²) in [6, 6.07) is 9.09. The zero-order valence-corrected chi connectivity index (χ0v) is 11.7. The maximum atomic E-state index is 13.4. The maximum absolute atomic E-state index is 13.4. The molecule has 0 aliphatic heterocycles. The SMILES string of the molecule is CC(c1cccnc1)N(C)Cc1ccc(Cl)c(F)c1. The summed E-state index contributed by atoms with van der Waals surface area (Å²) in [7, 11) is 2.00. The van der Waals surface area contributed by atoms with Crippen molar-refractivity contribution in [2.45, 2.75) is 19.5 Å². The Morgan fingerprint density at radius 1 is 1.37 bits per heavy atom. The van der Waals surface area contributed by atoms with Crippen molar-refractivity contribution in [1.29, 1.82) is 0 Å². The van der Waals surface area contributed by atoms with Gasteiger partial charge in [0.15, 0.2) is 0 Å². The van der Waals surface area contributed by atoms with Crippen LogP contribution in [0.5, 0.6) is 0 Å². The molecule has 2 nitrogen and oxygen atoms in total. The number of halogens is 2. The summed E-state index contributed by atoms with van der Waals surface area (Å²) in [5.74, 6) is -0.374. The van der Waals surface area contributed by atoms with Crippen LogP contribution in [0.3, 0.4) is 0 Å². The quantitative estimate of drug-likeness (QED) is 0.838. The molecular weight excluding hydrogens is 263 g/mol. The summed E-state index contributed by atoms with van der Waals surface area (Å²) >= 11 is 5.68. The van der Waals surface area contributed by atoms with Gasteiger partial charge in [0.1, 0.15) is 5.82 Å². The number of hydrogen-bond donors (Lipinski definition) is 0. The summed E-state index contributed by atoms with van der Waals surface area (Å²) in [5.41, 5.74) is 2.04. The van der Waals surface area contributed by atoms with E-state index in [0.717, 1.165) is 11.1 Å². The van der Waals surface area contributed by atoms with Crippen LogP contribution in [0.25, 0.3) is 0 Å². The first kappa shape index (κ1) is 14.0. The predicted molar refractivity (Wildman–Crippen MR) is 75.5 cm³/mol. The third-order valence-corrected chi connectivity index (χ3v) is 3.55. The Labute approximate surface area is 117 Å². The van der Waals surface area contributed by atoms with E-state index in [1.54, 1.807) is 12.3 Å². The van der Waals surface area contributed by atoms with Crippen LogP contribution in [-0.2, 0) is 6.54 Å². The van der Waals surface area contributed by atoms with E-state index in [-0.39, 0.29) is 16.9 Å². The molecule has 0 saturated heterocycles. The smallest absolute Gasteiger partial charge is 0.142 e. The molecule has 100 valence electrons. The highest BCUT2D eigenvalue weighted by Gasteiger charge is 2.12. The highest BCUT2D eigenvalue weighted by Crippen LogP contribution is 2.21. The number of pyridine rings is 1. The predicted octanol–water partition coefficient (Wildman–Crippen LogP) is 4.07. The Balaban J connectivity index is 2.08. The second-order valence-electron chi connectivity index (χ2n) is 4.63. The standard InChI is InChI=1S/C15H16ClFN2/c1-11(13-4-3-7-18-9-13)19(2)10-12-5-6-14(16)15(17)8-12/h3-9,11H,10H2,1-2H3. The van der Waals surface area contributed by atoms with Crippen molar-refractivity contribution in [3.05, 3.63) is 64.7 Å². The van der Waals surface area contributed by atoms with E-state index < -0.39 is 0 Å². The van der Waals surface area contributed by atoms with Gasteiger partial charge >= 0.3 is 0 Å². The van der Waals surface area contributed by atoms with Crippen molar-refractivity contribution in [3.63, 3.8) is 0 Å². The summed E-state index contributed by atoms with van der Waals surface area (Å²) in [4.78, 5) is 6.26. The Morgan fingerprint density at radius 2 is 2.16 bits per heavy atom. The summed E-state index contributed by atoms with van der Waals surface area (Å²) < 4.78 is 13.4. The molecule has 1 aromatic carbocycles. The van der Waals surface area contributed by atoms with Gasteiger partial charge in [-0.3, -0.25) is 9.88 Å². The van der Waals surface area contributed by atoms with Crippen LogP contribution in [0.2, 0.25) is 5.02 Å². The third-order valence-electron chi connectivity index (χ3n) is 3.24. The fraction of sp³-hybridized carbons (Fsp3) is 0.267. The molecular formula is C15H16ClFN2. The maximum Gasteiger partial charge on any atom is 0.142 e. The Morgan fingerprint density at radius 3 is 2.79 bits per heavy atom. The molecule has 0 saturated carbocycles. The van der Waals surface area contributed by atoms with Crippen LogP contribution in [0.4, 0.5) is 4.39 Å². The van der Waals surface area contributed by atoms with Gasteiger partial charge in [-0.05, 0) is 43.3 Å². The molecule has 19 heavy (non-hydrogen) atoms. The Kier molecular flexibility index (Phi) is 4.51. The van der Waals surface area contributed by atoms with Gasteiger partial charge in [-0.1, -0.05) is 23.7 Å².